The summed E-state index contributed by atoms with van der Waals surface area (Å²) in [4.78, 5) is 0. The zero-order valence-electron chi connectivity index (χ0n) is 12.6. The van der Waals surface area contributed by atoms with Crippen LogP contribution in [0.2, 0.25) is 0 Å². The third kappa shape index (κ3) is 6.62. The van der Waals surface area contributed by atoms with Crippen molar-refractivity contribution >= 4 is 11.8 Å². The Hall–Kier alpha value is -0.250. The van der Waals surface area contributed by atoms with Crippen molar-refractivity contribution in [3.8, 4) is 0 Å². The molecule has 0 saturated heterocycles. The third-order valence-electron chi connectivity index (χ3n) is 3.16. The molecule has 0 aliphatic rings. The zero-order valence-corrected chi connectivity index (χ0v) is 13.4. The van der Waals surface area contributed by atoms with Crippen molar-refractivity contribution < 1.29 is 9.84 Å². The first-order valence-corrected chi connectivity index (χ1v) is 7.88. The van der Waals surface area contributed by atoms with Gasteiger partial charge in [-0.3, -0.25) is 0 Å². The van der Waals surface area contributed by atoms with E-state index in [0.29, 0.717) is 5.94 Å². The summed E-state index contributed by atoms with van der Waals surface area (Å²) >= 11 is 1.67. The lowest BCUT2D eigenvalue weighted by Gasteiger charge is -2.28. The fraction of sp³-hybridized carbons (Fsp3) is 0.733. The van der Waals surface area contributed by atoms with Gasteiger partial charge in [-0.2, -0.15) is 0 Å². The molecule has 0 aliphatic carbocycles. The van der Waals surface area contributed by atoms with E-state index in [9.17, 15) is 5.11 Å². The Morgan fingerprint density at radius 2 is 1.94 bits per heavy atom. The van der Waals surface area contributed by atoms with Crippen LogP contribution in [0.1, 0.15) is 41.0 Å². The quantitative estimate of drug-likeness (QED) is 0.535. The topological polar surface area (TPSA) is 29.5 Å². The van der Waals surface area contributed by atoms with Crippen molar-refractivity contribution in [1.29, 1.82) is 0 Å². The molecule has 18 heavy (non-hydrogen) atoms. The van der Waals surface area contributed by atoms with Crippen LogP contribution in [0.15, 0.2) is 23.3 Å². The van der Waals surface area contributed by atoms with Gasteiger partial charge in [-0.15, -0.1) is 11.8 Å². The molecular formula is C15H28O2S. The van der Waals surface area contributed by atoms with Crippen molar-refractivity contribution in [3.63, 3.8) is 0 Å². The van der Waals surface area contributed by atoms with Gasteiger partial charge < -0.3 is 9.84 Å². The Morgan fingerprint density at radius 1 is 1.33 bits per heavy atom. The first kappa shape index (κ1) is 17.8. The second-order valence-corrected chi connectivity index (χ2v) is 5.78. The van der Waals surface area contributed by atoms with Gasteiger partial charge in [0.05, 0.1) is 18.1 Å². The molecule has 0 rings (SSSR count). The molecule has 0 saturated carbocycles. The molecule has 0 aromatic heterocycles. The van der Waals surface area contributed by atoms with Crippen LogP contribution in [0.25, 0.3) is 0 Å². The van der Waals surface area contributed by atoms with E-state index < -0.39 is 6.10 Å². The molecule has 0 spiro atoms. The Morgan fingerprint density at radius 3 is 2.39 bits per heavy atom. The molecule has 3 atom stereocenters. The van der Waals surface area contributed by atoms with E-state index in [1.807, 2.05) is 26.2 Å². The van der Waals surface area contributed by atoms with Crippen LogP contribution < -0.4 is 0 Å². The Bertz CT molecular complexity index is 280. The summed E-state index contributed by atoms with van der Waals surface area (Å²) in [5.74, 6) is 0.775. The highest BCUT2D eigenvalue weighted by Crippen LogP contribution is 2.22. The van der Waals surface area contributed by atoms with Gasteiger partial charge in [-0.25, -0.2) is 0 Å². The second kappa shape index (κ2) is 9.65. The molecular weight excluding hydrogens is 244 g/mol. The molecule has 0 bridgehead atoms. The summed E-state index contributed by atoms with van der Waals surface area (Å²) in [5.41, 5.74) is 2.30. The van der Waals surface area contributed by atoms with Gasteiger partial charge in [0.1, 0.15) is 0 Å². The van der Waals surface area contributed by atoms with Crippen LogP contribution in [0.4, 0.5) is 0 Å². The van der Waals surface area contributed by atoms with Gasteiger partial charge in [-0.1, -0.05) is 24.6 Å². The van der Waals surface area contributed by atoms with Crippen LogP contribution in [-0.4, -0.2) is 29.5 Å². The lowest BCUT2D eigenvalue weighted by molar-refractivity contribution is 0.00272. The minimum atomic E-state index is -0.424. The molecule has 2 nitrogen and oxygen atoms in total. The van der Waals surface area contributed by atoms with Gasteiger partial charge in [0.15, 0.2) is 0 Å². The predicted molar refractivity (Wildman–Crippen MR) is 81.9 cm³/mol. The summed E-state index contributed by atoms with van der Waals surface area (Å²) in [6.45, 7) is 10.2. The third-order valence-corrected chi connectivity index (χ3v) is 3.54. The minimum Gasteiger partial charge on any atom is -0.388 e. The first-order chi connectivity index (χ1) is 8.43. The molecule has 0 aromatic carbocycles. The number of ether oxygens (including phenoxy) is 1. The van der Waals surface area contributed by atoms with Crippen molar-refractivity contribution in [1.82, 2.24) is 0 Å². The van der Waals surface area contributed by atoms with Crippen LogP contribution in [0.3, 0.4) is 0 Å². The van der Waals surface area contributed by atoms with Crippen molar-refractivity contribution in [2.24, 2.45) is 5.92 Å². The van der Waals surface area contributed by atoms with E-state index in [-0.39, 0.29) is 12.0 Å². The smallest absolute Gasteiger partial charge is 0.0922 e. The lowest BCUT2D eigenvalue weighted by Crippen LogP contribution is -2.32. The first-order valence-electron chi connectivity index (χ1n) is 6.48. The zero-order chi connectivity index (χ0) is 14.1. The molecule has 0 fully saturated rings. The number of thioether (sulfide) groups is 1. The number of aliphatic hydroxyl groups is 1. The average molecular weight is 272 g/mol. The Kier molecular flexibility index (Phi) is 9.52. The summed E-state index contributed by atoms with van der Waals surface area (Å²) < 4.78 is 5.85. The molecule has 1 N–H and O–H groups in total. The molecule has 106 valence electrons. The van der Waals surface area contributed by atoms with Gasteiger partial charge in [-0.05, 0) is 45.9 Å². The Labute approximate surface area is 117 Å². The Balaban J connectivity index is 4.66. The van der Waals surface area contributed by atoms with Crippen LogP contribution in [0.5, 0.6) is 0 Å². The predicted octanol–water partition coefficient (Wildman–Crippen LogP) is 4.01. The highest BCUT2D eigenvalue weighted by atomic mass is 32.2. The minimum absolute atomic E-state index is 0.0669. The molecule has 0 amide bonds. The van der Waals surface area contributed by atoms with Crippen molar-refractivity contribution in [2.45, 2.75) is 53.2 Å². The fourth-order valence-corrected chi connectivity index (χ4v) is 2.04. The van der Waals surface area contributed by atoms with E-state index in [2.05, 4.69) is 26.8 Å². The summed E-state index contributed by atoms with van der Waals surface area (Å²) in [7, 11) is 0. The number of allylic oxidation sites excluding steroid dienone is 2. The monoisotopic (exact) mass is 272 g/mol. The highest BCUT2D eigenvalue weighted by Gasteiger charge is 2.25. The molecule has 0 aliphatic heterocycles. The molecule has 0 heterocycles. The number of hydrogen-bond donors (Lipinski definition) is 1. The number of aliphatic hydroxyl groups excluding tert-OH is 1. The molecule has 3 heteroatoms. The second-order valence-electron chi connectivity index (χ2n) is 4.97. The van der Waals surface area contributed by atoms with Crippen molar-refractivity contribution in [3.05, 3.63) is 23.3 Å². The molecule has 0 aromatic rings. The standard InChI is InChI=1S/C15H28O2S/c1-7-12(4)15(16)13(5)14(17-10-18-6)9-8-11(2)3/h7-8,13-16H,9-10H2,1-6H3/b12-7+/t13-,14+,15-/m0/s1. The SMILES string of the molecule is C/C=C(\C)[C@H](O)[C@@H](C)[C@@H](CC=C(C)C)OCSC. The van der Waals surface area contributed by atoms with Crippen LogP contribution in [-0.2, 0) is 4.74 Å². The summed E-state index contributed by atoms with van der Waals surface area (Å²) in [5, 5.41) is 10.2. The number of hydrogen-bond acceptors (Lipinski definition) is 3. The molecule has 0 radical (unpaired) electrons. The van der Waals surface area contributed by atoms with Gasteiger partial charge >= 0.3 is 0 Å². The van der Waals surface area contributed by atoms with Gasteiger partial charge in [0.2, 0.25) is 0 Å². The maximum absolute atomic E-state index is 10.2. The largest absolute Gasteiger partial charge is 0.388 e. The average Bonchev–Trinajstić information content (AvgIpc) is 2.36. The summed E-state index contributed by atoms with van der Waals surface area (Å²) in [6, 6.07) is 0. The van der Waals surface area contributed by atoms with Gasteiger partial charge in [0, 0.05) is 5.92 Å². The normalized spacial score (nSPS) is 17.2. The van der Waals surface area contributed by atoms with Crippen LogP contribution in [0, 0.1) is 5.92 Å². The fourth-order valence-electron chi connectivity index (χ4n) is 1.73. The lowest BCUT2D eigenvalue weighted by atomic mass is 9.91. The summed E-state index contributed by atoms with van der Waals surface area (Å²) in [6.07, 6.45) is 6.67. The van der Waals surface area contributed by atoms with E-state index in [4.69, 9.17) is 4.74 Å². The van der Waals surface area contributed by atoms with Crippen LogP contribution >= 0.6 is 11.8 Å². The van der Waals surface area contributed by atoms with E-state index in [1.54, 1.807) is 11.8 Å². The van der Waals surface area contributed by atoms with E-state index >= 15 is 0 Å². The molecule has 0 unspecified atom stereocenters. The van der Waals surface area contributed by atoms with Gasteiger partial charge in [0.25, 0.3) is 0 Å². The van der Waals surface area contributed by atoms with Crippen molar-refractivity contribution in [2.75, 3.05) is 12.2 Å². The number of rotatable bonds is 8. The highest BCUT2D eigenvalue weighted by molar-refractivity contribution is 7.98. The maximum atomic E-state index is 10.2. The van der Waals surface area contributed by atoms with E-state index in [1.165, 1.54) is 5.57 Å². The maximum Gasteiger partial charge on any atom is 0.0922 e. The van der Waals surface area contributed by atoms with E-state index in [0.717, 1.165) is 12.0 Å².